The zero-order valence-electron chi connectivity index (χ0n) is 9.30. The predicted octanol–water partition coefficient (Wildman–Crippen LogP) is 1.98. The van der Waals surface area contributed by atoms with Crippen LogP contribution in [-0.4, -0.2) is 25.8 Å². The Morgan fingerprint density at radius 1 is 1.15 bits per heavy atom. The molecule has 0 saturated carbocycles. The largest absolute Gasteiger partial charge is 0.312 e. The van der Waals surface area contributed by atoms with Crippen molar-refractivity contribution >= 4 is 0 Å². The minimum Gasteiger partial charge on any atom is -0.312 e. The SMILES string of the molecule is CCOOCCNC(C)C(C)CC. The second kappa shape index (κ2) is 8.48. The molecule has 3 nitrogen and oxygen atoms in total. The summed E-state index contributed by atoms with van der Waals surface area (Å²) in [5.41, 5.74) is 0. The molecule has 0 rings (SSSR count). The molecule has 80 valence electrons. The normalized spacial score (nSPS) is 15.7. The summed E-state index contributed by atoms with van der Waals surface area (Å²) in [5.74, 6) is 0.715. The fourth-order valence-corrected chi connectivity index (χ4v) is 1.03. The third-order valence-electron chi connectivity index (χ3n) is 2.35. The van der Waals surface area contributed by atoms with Gasteiger partial charge in [0.1, 0.15) is 0 Å². The quantitative estimate of drug-likeness (QED) is 0.360. The molecule has 0 aromatic rings. The molecule has 0 heterocycles. The van der Waals surface area contributed by atoms with Crippen molar-refractivity contribution in [3.8, 4) is 0 Å². The molecule has 0 aromatic heterocycles. The van der Waals surface area contributed by atoms with E-state index in [1.165, 1.54) is 6.42 Å². The summed E-state index contributed by atoms with van der Waals surface area (Å²) in [6.45, 7) is 10.7. The molecule has 2 unspecified atom stereocenters. The first-order valence-corrected chi connectivity index (χ1v) is 5.20. The molecular weight excluding hydrogens is 166 g/mol. The molecule has 0 aromatic carbocycles. The topological polar surface area (TPSA) is 30.5 Å². The summed E-state index contributed by atoms with van der Waals surface area (Å²) in [6, 6.07) is 0.551. The van der Waals surface area contributed by atoms with E-state index >= 15 is 0 Å². The minimum absolute atomic E-state index is 0.551. The van der Waals surface area contributed by atoms with Crippen LogP contribution in [0.25, 0.3) is 0 Å². The van der Waals surface area contributed by atoms with Crippen LogP contribution in [0.15, 0.2) is 0 Å². The summed E-state index contributed by atoms with van der Waals surface area (Å²) < 4.78 is 0. The highest BCUT2D eigenvalue weighted by atomic mass is 17.2. The van der Waals surface area contributed by atoms with Gasteiger partial charge in [0.05, 0.1) is 13.2 Å². The second-order valence-electron chi connectivity index (χ2n) is 3.36. The standard InChI is InChI=1S/C10H23NO2/c1-5-9(3)10(4)11-7-8-13-12-6-2/h9-11H,5-8H2,1-4H3. The van der Waals surface area contributed by atoms with E-state index in [0.717, 1.165) is 6.54 Å². The van der Waals surface area contributed by atoms with Gasteiger partial charge in [0.25, 0.3) is 0 Å². The molecule has 0 fully saturated rings. The van der Waals surface area contributed by atoms with Crippen LogP contribution in [0, 0.1) is 5.92 Å². The van der Waals surface area contributed by atoms with Crippen molar-refractivity contribution in [2.75, 3.05) is 19.8 Å². The van der Waals surface area contributed by atoms with Gasteiger partial charge in [-0.1, -0.05) is 20.3 Å². The Hall–Kier alpha value is -0.120. The summed E-state index contributed by atoms with van der Waals surface area (Å²) in [6.07, 6.45) is 1.21. The minimum atomic E-state index is 0.551. The average molecular weight is 189 g/mol. The van der Waals surface area contributed by atoms with Crippen molar-refractivity contribution in [1.82, 2.24) is 5.32 Å². The van der Waals surface area contributed by atoms with Crippen LogP contribution < -0.4 is 5.32 Å². The van der Waals surface area contributed by atoms with Crippen molar-refractivity contribution in [3.63, 3.8) is 0 Å². The first kappa shape index (κ1) is 12.9. The molecular formula is C10H23NO2. The zero-order chi connectivity index (χ0) is 10.1. The van der Waals surface area contributed by atoms with Crippen molar-refractivity contribution in [1.29, 1.82) is 0 Å². The molecule has 0 aliphatic heterocycles. The van der Waals surface area contributed by atoms with E-state index in [1.54, 1.807) is 0 Å². The van der Waals surface area contributed by atoms with Gasteiger partial charge in [0.15, 0.2) is 0 Å². The fourth-order valence-electron chi connectivity index (χ4n) is 1.03. The van der Waals surface area contributed by atoms with E-state index in [1.807, 2.05) is 6.92 Å². The van der Waals surface area contributed by atoms with Crippen LogP contribution in [-0.2, 0) is 9.78 Å². The smallest absolute Gasteiger partial charge is 0.0946 e. The molecule has 1 N–H and O–H groups in total. The first-order chi connectivity index (χ1) is 6.22. The summed E-state index contributed by atoms with van der Waals surface area (Å²) in [4.78, 5) is 9.65. The van der Waals surface area contributed by atoms with Gasteiger partial charge >= 0.3 is 0 Å². The molecule has 13 heavy (non-hydrogen) atoms. The Bertz CT molecular complexity index is 109. The maximum absolute atomic E-state index is 4.88. The van der Waals surface area contributed by atoms with E-state index in [0.29, 0.717) is 25.2 Å². The van der Waals surface area contributed by atoms with E-state index in [9.17, 15) is 0 Å². The average Bonchev–Trinajstić information content (AvgIpc) is 2.16. The number of hydrogen-bond acceptors (Lipinski definition) is 3. The Balaban J connectivity index is 3.21. The van der Waals surface area contributed by atoms with E-state index in [4.69, 9.17) is 9.78 Å². The fraction of sp³-hybridized carbons (Fsp3) is 1.00. The van der Waals surface area contributed by atoms with E-state index in [-0.39, 0.29) is 0 Å². The van der Waals surface area contributed by atoms with Crippen LogP contribution in [0.3, 0.4) is 0 Å². The molecule has 2 atom stereocenters. The van der Waals surface area contributed by atoms with Crippen LogP contribution in [0.1, 0.15) is 34.1 Å². The lowest BCUT2D eigenvalue weighted by Crippen LogP contribution is -2.34. The van der Waals surface area contributed by atoms with Gasteiger partial charge in [-0.15, -0.1) is 0 Å². The third kappa shape index (κ3) is 6.99. The zero-order valence-corrected chi connectivity index (χ0v) is 9.30. The van der Waals surface area contributed by atoms with Crippen LogP contribution in [0.5, 0.6) is 0 Å². The van der Waals surface area contributed by atoms with E-state index < -0.39 is 0 Å². The van der Waals surface area contributed by atoms with Crippen molar-refractivity contribution in [2.24, 2.45) is 5.92 Å². The Kier molecular flexibility index (Phi) is 8.40. The number of nitrogens with one attached hydrogen (secondary N) is 1. The predicted molar refractivity (Wildman–Crippen MR) is 54.5 cm³/mol. The maximum atomic E-state index is 4.88. The lowest BCUT2D eigenvalue weighted by Gasteiger charge is -2.19. The van der Waals surface area contributed by atoms with Gasteiger partial charge in [-0.3, -0.25) is 0 Å². The highest BCUT2D eigenvalue weighted by Gasteiger charge is 2.08. The Labute approximate surface area is 81.7 Å². The molecule has 0 aliphatic rings. The molecule has 0 aliphatic carbocycles. The molecule has 0 radical (unpaired) electrons. The Morgan fingerprint density at radius 2 is 1.85 bits per heavy atom. The van der Waals surface area contributed by atoms with Crippen molar-refractivity contribution in [2.45, 2.75) is 40.2 Å². The van der Waals surface area contributed by atoms with Gasteiger partial charge in [-0.2, -0.15) is 0 Å². The third-order valence-corrected chi connectivity index (χ3v) is 2.35. The van der Waals surface area contributed by atoms with Crippen molar-refractivity contribution < 1.29 is 9.78 Å². The molecule has 0 saturated heterocycles. The molecule has 0 bridgehead atoms. The summed E-state index contributed by atoms with van der Waals surface area (Å²) >= 11 is 0. The van der Waals surface area contributed by atoms with Gasteiger partial charge in [0.2, 0.25) is 0 Å². The first-order valence-electron chi connectivity index (χ1n) is 5.20. The Morgan fingerprint density at radius 3 is 2.38 bits per heavy atom. The van der Waals surface area contributed by atoms with E-state index in [2.05, 4.69) is 26.1 Å². The van der Waals surface area contributed by atoms with Gasteiger partial charge in [0, 0.05) is 12.6 Å². The highest BCUT2D eigenvalue weighted by molar-refractivity contribution is 4.66. The molecule has 0 amide bonds. The van der Waals surface area contributed by atoms with Crippen LogP contribution in [0.4, 0.5) is 0 Å². The maximum Gasteiger partial charge on any atom is 0.0946 e. The molecule has 3 heteroatoms. The monoisotopic (exact) mass is 189 g/mol. The number of hydrogen-bond donors (Lipinski definition) is 1. The number of rotatable bonds is 8. The van der Waals surface area contributed by atoms with Crippen molar-refractivity contribution in [3.05, 3.63) is 0 Å². The van der Waals surface area contributed by atoms with Gasteiger partial charge < -0.3 is 5.32 Å². The summed E-state index contributed by atoms with van der Waals surface area (Å²) in [5, 5.41) is 3.39. The lowest BCUT2D eigenvalue weighted by molar-refractivity contribution is -0.289. The highest BCUT2D eigenvalue weighted by Crippen LogP contribution is 2.05. The summed E-state index contributed by atoms with van der Waals surface area (Å²) in [7, 11) is 0. The van der Waals surface area contributed by atoms with Gasteiger partial charge in [-0.25, -0.2) is 9.78 Å². The molecule has 0 spiro atoms. The lowest BCUT2D eigenvalue weighted by atomic mass is 10.0. The van der Waals surface area contributed by atoms with Crippen LogP contribution in [0.2, 0.25) is 0 Å². The second-order valence-corrected chi connectivity index (χ2v) is 3.36. The van der Waals surface area contributed by atoms with Crippen LogP contribution >= 0.6 is 0 Å². The van der Waals surface area contributed by atoms with Gasteiger partial charge in [-0.05, 0) is 19.8 Å².